The molecule has 1 aromatic carbocycles. The maximum Gasteiger partial charge on any atom is 0.188 e. The van der Waals surface area contributed by atoms with Crippen LogP contribution in [-0.4, -0.2) is 39.4 Å². The number of ether oxygens (including phenoxy) is 2. The SMILES string of the molecule is CCCNC(N)=NCC1(c2cc(C)ccc2OC)CCOCC1. The molecule has 128 valence electrons. The first-order valence-corrected chi connectivity index (χ1v) is 8.38. The summed E-state index contributed by atoms with van der Waals surface area (Å²) in [5.74, 6) is 1.44. The number of nitrogens with zero attached hydrogens (tertiary/aromatic N) is 1. The van der Waals surface area contributed by atoms with Crippen LogP contribution in [0.15, 0.2) is 23.2 Å². The van der Waals surface area contributed by atoms with E-state index in [2.05, 4.69) is 36.3 Å². The van der Waals surface area contributed by atoms with Crippen molar-refractivity contribution in [2.45, 2.75) is 38.5 Å². The van der Waals surface area contributed by atoms with Crippen LogP contribution < -0.4 is 15.8 Å². The first-order valence-electron chi connectivity index (χ1n) is 8.38. The lowest BCUT2D eigenvalue weighted by molar-refractivity contribution is 0.0522. The van der Waals surface area contributed by atoms with Gasteiger partial charge in [0.05, 0.1) is 13.7 Å². The molecule has 2 rings (SSSR count). The largest absolute Gasteiger partial charge is 0.496 e. The van der Waals surface area contributed by atoms with E-state index in [1.807, 2.05) is 6.07 Å². The molecule has 5 heteroatoms. The third-order valence-electron chi connectivity index (χ3n) is 4.48. The van der Waals surface area contributed by atoms with E-state index in [-0.39, 0.29) is 5.41 Å². The van der Waals surface area contributed by atoms with Gasteiger partial charge in [-0.05, 0) is 32.3 Å². The minimum absolute atomic E-state index is 0.0753. The van der Waals surface area contributed by atoms with Gasteiger partial charge in [0.15, 0.2) is 5.96 Å². The lowest BCUT2D eigenvalue weighted by Gasteiger charge is -2.37. The zero-order valence-corrected chi connectivity index (χ0v) is 14.5. The number of aliphatic imine (C=N–C) groups is 1. The second-order valence-corrected chi connectivity index (χ2v) is 6.22. The number of guanidine groups is 1. The highest BCUT2D eigenvalue weighted by molar-refractivity contribution is 5.77. The maximum atomic E-state index is 5.99. The van der Waals surface area contributed by atoms with Crippen LogP contribution in [0.5, 0.6) is 5.75 Å². The van der Waals surface area contributed by atoms with E-state index < -0.39 is 0 Å². The summed E-state index contributed by atoms with van der Waals surface area (Å²) < 4.78 is 11.2. The Hall–Kier alpha value is -1.75. The van der Waals surface area contributed by atoms with Gasteiger partial charge in [0.2, 0.25) is 0 Å². The molecule has 0 bridgehead atoms. The minimum Gasteiger partial charge on any atom is -0.496 e. The van der Waals surface area contributed by atoms with Crippen LogP contribution in [0.1, 0.15) is 37.3 Å². The van der Waals surface area contributed by atoms with Gasteiger partial charge in [-0.25, -0.2) is 0 Å². The van der Waals surface area contributed by atoms with Crippen LogP contribution >= 0.6 is 0 Å². The van der Waals surface area contributed by atoms with Crippen molar-refractivity contribution < 1.29 is 9.47 Å². The van der Waals surface area contributed by atoms with Crippen LogP contribution in [0.3, 0.4) is 0 Å². The molecule has 1 heterocycles. The quantitative estimate of drug-likeness (QED) is 0.624. The van der Waals surface area contributed by atoms with Gasteiger partial charge in [0.1, 0.15) is 5.75 Å². The van der Waals surface area contributed by atoms with Crippen molar-refractivity contribution in [1.29, 1.82) is 0 Å². The number of methoxy groups -OCH3 is 1. The van der Waals surface area contributed by atoms with E-state index in [4.69, 9.17) is 15.2 Å². The third kappa shape index (κ3) is 4.38. The molecule has 0 radical (unpaired) electrons. The summed E-state index contributed by atoms with van der Waals surface area (Å²) in [7, 11) is 1.72. The van der Waals surface area contributed by atoms with E-state index >= 15 is 0 Å². The molecular formula is C18H29N3O2. The average Bonchev–Trinajstić information content (AvgIpc) is 2.59. The topological polar surface area (TPSA) is 68.9 Å². The number of aryl methyl sites for hydroxylation is 1. The van der Waals surface area contributed by atoms with E-state index in [1.165, 1.54) is 11.1 Å². The maximum absolute atomic E-state index is 5.99. The molecule has 1 saturated heterocycles. The highest BCUT2D eigenvalue weighted by Gasteiger charge is 2.37. The second-order valence-electron chi connectivity index (χ2n) is 6.22. The van der Waals surface area contributed by atoms with E-state index in [0.717, 1.165) is 44.8 Å². The highest BCUT2D eigenvalue weighted by atomic mass is 16.5. The predicted octanol–water partition coefficient (Wildman–Crippen LogP) is 2.37. The number of rotatable bonds is 6. The normalized spacial score (nSPS) is 17.8. The van der Waals surface area contributed by atoms with Gasteiger partial charge in [0, 0.05) is 30.7 Å². The number of nitrogens with one attached hydrogen (secondary N) is 1. The molecule has 1 fully saturated rings. The zero-order valence-electron chi connectivity index (χ0n) is 14.5. The Morgan fingerprint density at radius 3 is 2.78 bits per heavy atom. The van der Waals surface area contributed by atoms with Gasteiger partial charge in [-0.15, -0.1) is 0 Å². The van der Waals surface area contributed by atoms with Crippen molar-refractivity contribution in [2.24, 2.45) is 10.7 Å². The molecule has 0 spiro atoms. The van der Waals surface area contributed by atoms with Gasteiger partial charge in [-0.1, -0.05) is 24.6 Å². The molecule has 0 aromatic heterocycles. The van der Waals surface area contributed by atoms with E-state index in [1.54, 1.807) is 7.11 Å². The van der Waals surface area contributed by atoms with Crippen LogP contribution in [0.4, 0.5) is 0 Å². The molecule has 0 unspecified atom stereocenters. The summed E-state index contributed by atoms with van der Waals surface area (Å²) in [4.78, 5) is 4.61. The number of benzene rings is 1. The van der Waals surface area contributed by atoms with Crippen molar-refractivity contribution in [2.75, 3.05) is 33.4 Å². The lowest BCUT2D eigenvalue weighted by atomic mass is 9.73. The predicted molar refractivity (Wildman–Crippen MR) is 94.2 cm³/mol. The monoisotopic (exact) mass is 319 g/mol. The molecule has 3 N–H and O–H groups in total. The van der Waals surface area contributed by atoms with Gasteiger partial charge in [-0.3, -0.25) is 4.99 Å². The smallest absolute Gasteiger partial charge is 0.188 e. The van der Waals surface area contributed by atoms with Crippen molar-refractivity contribution in [3.63, 3.8) is 0 Å². The first-order chi connectivity index (χ1) is 11.1. The fraction of sp³-hybridized carbons (Fsp3) is 0.611. The van der Waals surface area contributed by atoms with Crippen LogP contribution in [-0.2, 0) is 10.2 Å². The van der Waals surface area contributed by atoms with Gasteiger partial charge < -0.3 is 20.5 Å². The molecule has 0 aliphatic carbocycles. The highest BCUT2D eigenvalue weighted by Crippen LogP contribution is 2.40. The Morgan fingerprint density at radius 2 is 2.13 bits per heavy atom. The van der Waals surface area contributed by atoms with Crippen molar-refractivity contribution in [3.8, 4) is 5.75 Å². The zero-order chi connectivity index (χ0) is 16.7. The minimum atomic E-state index is -0.0753. The fourth-order valence-corrected chi connectivity index (χ4v) is 3.06. The molecule has 23 heavy (non-hydrogen) atoms. The number of hydrogen-bond donors (Lipinski definition) is 2. The molecule has 0 atom stereocenters. The van der Waals surface area contributed by atoms with Gasteiger partial charge in [-0.2, -0.15) is 0 Å². The summed E-state index contributed by atoms with van der Waals surface area (Å²) in [5, 5.41) is 3.15. The molecule has 1 aliphatic heterocycles. The van der Waals surface area contributed by atoms with Crippen LogP contribution in [0.25, 0.3) is 0 Å². The van der Waals surface area contributed by atoms with Gasteiger partial charge >= 0.3 is 0 Å². The third-order valence-corrected chi connectivity index (χ3v) is 4.48. The Morgan fingerprint density at radius 1 is 1.39 bits per heavy atom. The Balaban J connectivity index is 2.30. The van der Waals surface area contributed by atoms with Crippen LogP contribution in [0.2, 0.25) is 0 Å². The first kappa shape index (κ1) is 17.6. The summed E-state index contributed by atoms with van der Waals surface area (Å²) in [5.41, 5.74) is 8.36. The molecule has 1 aromatic rings. The molecule has 5 nitrogen and oxygen atoms in total. The summed E-state index contributed by atoms with van der Waals surface area (Å²) in [6.07, 6.45) is 2.88. The summed E-state index contributed by atoms with van der Waals surface area (Å²) in [6, 6.07) is 6.34. The number of nitrogens with two attached hydrogens (primary N) is 1. The number of hydrogen-bond acceptors (Lipinski definition) is 3. The van der Waals surface area contributed by atoms with E-state index in [0.29, 0.717) is 12.5 Å². The Bertz CT molecular complexity index is 537. The molecule has 0 saturated carbocycles. The van der Waals surface area contributed by atoms with E-state index in [9.17, 15) is 0 Å². The van der Waals surface area contributed by atoms with Crippen molar-refractivity contribution >= 4 is 5.96 Å². The fourth-order valence-electron chi connectivity index (χ4n) is 3.06. The summed E-state index contributed by atoms with van der Waals surface area (Å²) in [6.45, 7) is 7.20. The summed E-state index contributed by atoms with van der Waals surface area (Å²) >= 11 is 0. The van der Waals surface area contributed by atoms with Crippen molar-refractivity contribution in [3.05, 3.63) is 29.3 Å². The molecule has 0 amide bonds. The molecular weight excluding hydrogens is 290 g/mol. The standard InChI is InChI=1S/C18H29N3O2/c1-4-9-20-17(19)21-13-18(7-10-23-11-8-18)15-12-14(2)5-6-16(15)22-3/h5-6,12H,4,7-11,13H2,1-3H3,(H3,19,20,21). The lowest BCUT2D eigenvalue weighted by Crippen LogP contribution is -2.39. The Labute approximate surface area is 139 Å². The van der Waals surface area contributed by atoms with Crippen molar-refractivity contribution in [1.82, 2.24) is 5.32 Å². The average molecular weight is 319 g/mol. The van der Waals surface area contributed by atoms with Gasteiger partial charge in [0.25, 0.3) is 0 Å². The second kappa shape index (κ2) is 8.20. The molecule has 1 aliphatic rings. The Kier molecular flexibility index (Phi) is 6.28. The van der Waals surface area contributed by atoms with Crippen LogP contribution in [0, 0.1) is 6.92 Å².